The van der Waals surface area contributed by atoms with Crippen molar-refractivity contribution < 1.29 is 9.59 Å². The Morgan fingerprint density at radius 3 is 2.69 bits per heavy atom. The minimum absolute atomic E-state index is 0.00507. The van der Waals surface area contributed by atoms with Gasteiger partial charge >= 0.3 is 0 Å². The topological polar surface area (TPSA) is 34.1 Å². The molecule has 0 saturated heterocycles. The first-order chi connectivity index (χ1) is 6.13. The van der Waals surface area contributed by atoms with Gasteiger partial charge in [-0.1, -0.05) is 6.92 Å². The Hall–Kier alpha value is -0.480. The number of Topliss-reactive ketones (excluding diaryl/α,β-unsaturated/α-hetero) is 2. The number of ketones is 2. The van der Waals surface area contributed by atoms with Crippen LogP contribution < -0.4 is 0 Å². The molecule has 0 aliphatic carbocycles. The van der Waals surface area contributed by atoms with E-state index >= 15 is 0 Å². The monoisotopic (exact) mass is 260 g/mol. The Kier molecular flexibility index (Phi) is 3.81. The lowest BCUT2D eigenvalue weighted by Gasteiger charge is -1.93. The summed E-state index contributed by atoms with van der Waals surface area (Å²) in [5, 5.41) is 1.84. The van der Waals surface area contributed by atoms with E-state index in [0.717, 1.165) is 4.47 Å². The predicted molar refractivity (Wildman–Crippen MR) is 56.3 cm³/mol. The Bertz CT molecular complexity index is 330. The number of rotatable bonds is 4. The molecule has 70 valence electrons. The van der Waals surface area contributed by atoms with Crippen molar-refractivity contribution >= 4 is 38.8 Å². The molecule has 0 spiro atoms. The van der Waals surface area contributed by atoms with Gasteiger partial charge in [0.15, 0.2) is 5.78 Å². The zero-order valence-corrected chi connectivity index (χ0v) is 9.57. The summed E-state index contributed by atoms with van der Waals surface area (Å²) in [7, 11) is 0. The highest BCUT2D eigenvalue weighted by Crippen LogP contribution is 2.21. The summed E-state index contributed by atoms with van der Waals surface area (Å²) in [5.41, 5.74) is 0. The summed E-state index contributed by atoms with van der Waals surface area (Å²) in [4.78, 5) is 23.0. The van der Waals surface area contributed by atoms with Gasteiger partial charge in [-0.15, -0.1) is 11.3 Å². The van der Waals surface area contributed by atoms with Crippen LogP contribution in [0, 0.1) is 0 Å². The lowest BCUT2D eigenvalue weighted by atomic mass is 10.1. The molecular formula is C9H9BrO2S. The summed E-state index contributed by atoms with van der Waals surface area (Å²) in [5.74, 6) is -0.0860. The third kappa shape index (κ3) is 3.04. The number of hydrogen-bond donors (Lipinski definition) is 0. The first kappa shape index (κ1) is 10.6. The van der Waals surface area contributed by atoms with E-state index in [1.165, 1.54) is 11.3 Å². The Labute approximate surface area is 89.1 Å². The molecule has 0 radical (unpaired) electrons. The van der Waals surface area contributed by atoms with Crippen molar-refractivity contribution in [3.8, 4) is 0 Å². The van der Waals surface area contributed by atoms with Gasteiger partial charge < -0.3 is 0 Å². The molecule has 1 aromatic rings. The molecule has 1 aromatic heterocycles. The third-order valence-electron chi connectivity index (χ3n) is 1.59. The number of halogens is 1. The van der Waals surface area contributed by atoms with Crippen molar-refractivity contribution in [3.05, 3.63) is 20.8 Å². The van der Waals surface area contributed by atoms with Crippen LogP contribution in [0.3, 0.4) is 0 Å². The summed E-state index contributed by atoms with van der Waals surface area (Å²) in [6.45, 7) is 1.76. The molecule has 0 aromatic carbocycles. The molecule has 0 N–H and O–H groups in total. The number of hydrogen-bond acceptors (Lipinski definition) is 3. The number of thiophene rings is 1. The minimum Gasteiger partial charge on any atom is -0.299 e. The van der Waals surface area contributed by atoms with Gasteiger partial charge in [-0.3, -0.25) is 9.59 Å². The molecule has 0 fully saturated rings. The van der Waals surface area contributed by atoms with E-state index in [0.29, 0.717) is 11.3 Å². The van der Waals surface area contributed by atoms with Gasteiger partial charge in [0.2, 0.25) is 0 Å². The first-order valence-electron chi connectivity index (χ1n) is 3.92. The van der Waals surface area contributed by atoms with Gasteiger partial charge in [-0.05, 0) is 22.0 Å². The lowest BCUT2D eigenvalue weighted by Crippen LogP contribution is -2.05. The van der Waals surface area contributed by atoms with Crippen LogP contribution in [0.5, 0.6) is 0 Å². The fourth-order valence-electron chi connectivity index (χ4n) is 0.850. The van der Waals surface area contributed by atoms with Gasteiger partial charge in [0.25, 0.3) is 0 Å². The van der Waals surface area contributed by atoms with E-state index in [9.17, 15) is 9.59 Å². The third-order valence-corrected chi connectivity index (χ3v) is 3.33. The maximum absolute atomic E-state index is 11.4. The fraction of sp³-hybridized carbons (Fsp3) is 0.333. The van der Waals surface area contributed by atoms with E-state index in [1.807, 2.05) is 5.38 Å². The molecule has 1 heterocycles. The molecule has 0 amide bonds. The summed E-state index contributed by atoms with van der Waals surface area (Å²) < 4.78 is 0.893. The average Bonchev–Trinajstić information content (AvgIpc) is 2.51. The van der Waals surface area contributed by atoms with E-state index in [2.05, 4.69) is 15.9 Å². The molecule has 2 nitrogen and oxygen atoms in total. The number of carbonyl (C=O) groups is 2. The van der Waals surface area contributed by atoms with Crippen molar-refractivity contribution in [2.75, 3.05) is 0 Å². The fourth-order valence-corrected chi connectivity index (χ4v) is 2.22. The van der Waals surface area contributed by atoms with E-state index in [1.54, 1.807) is 13.0 Å². The molecule has 4 heteroatoms. The van der Waals surface area contributed by atoms with Crippen molar-refractivity contribution in [1.82, 2.24) is 0 Å². The molecule has 0 saturated carbocycles. The van der Waals surface area contributed by atoms with Crippen LogP contribution in [0.1, 0.15) is 29.4 Å². The highest BCUT2D eigenvalue weighted by molar-refractivity contribution is 9.10. The Morgan fingerprint density at radius 2 is 2.23 bits per heavy atom. The normalized spacial score (nSPS) is 10.0. The molecule has 0 unspecified atom stereocenters. The molecule has 0 aliphatic rings. The SMILES string of the molecule is CCC(=O)CC(=O)c1cc(Br)cs1. The first-order valence-corrected chi connectivity index (χ1v) is 5.59. The quantitative estimate of drug-likeness (QED) is 0.616. The lowest BCUT2D eigenvalue weighted by molar-refractivity contribution is -0.117. The van der Waals surface area contributed by atoms with Crippen molar-refractivity contribution in [1.29, 1.82) is 0 Å². The molecule has 0 atom stereocenters. The summed E-state index contributed by atoms with van der Waals surface area (Å²) in [6.07, 6.45) is 0.460. The average molecular weight is 261 g/mol. The van der Waals surface area contributed by atoms with Crippen LogP contribution in [0.25, 0.3) is 0 Å². The van der Waals surface area contributed by atoms with Gasteiger partial charge in [0.05, 0.1) is 11.3 Å². The molecule has 13 heavy (non-hydrogen) atoms. The highest BCUT2D eigenvalue weighted by atomic mass is 79.9. The Balaban J connectivity index is 2.64. The van der Waals surface area contributed by atoms with Crippen LogP contribution in [0.15, 0.2) is 15.9 Å². The minimum atomic E-state index is -0.0810. The van der Waals surface area contributed by atoms with Gasteiger partial charge in [-0.2, -0.15) is 0 Å². The van der Waals surface area contributed by atoms with Crippen molar-refractivity contribution in [2.24, 2.45) is 0 Å². The van der Waals surface area contributed by atoms with Crippen molar-refractivity contribution in [3.63, 3.8) is 0 Å². The Morgan fingerprint density at radius 1 is 1.54 bits per heavy atom. The van der Waals surface area contributed by atoms with E-state index < -0.39 is 0 Å². The second-order valence-electron chi connectivity index (χ2n) is 2.62. The van der Waals surface area contributed by atoms with Crippen molar-refractivity contribution in [2.45, 2.75) is 19.8 Å². The van der Waals surface area contributed by atoms with Crippen LogP contribution >= 0.6 is 27.3 Å². The standard InChI is InChI=1S/C9H9BrO2S/c1-2-7(11)4-8(12)9-3-6(10)5-13-9/h3,5H,2,4H2,1H3. The largest absolute Gasteiger partial charge is 0.299 e. The van der Waals surface area contributed by atoms with Gasteiger partial charge in [-0.25, -0.2) is 0 Å². The summed E-state index contributed by atoms with van der Waals surface area (Å²) >= 11 is 4.62. The van der Waals surface area contributed by atoms with Gasteiger partial charge in [0, 0.05) is 16.3 Å². The smallest absolute Gasteiger partial charge is 0.180 e. The number of carbonyl (C=O) groups excluding carboxylic acids is 2. The maximum Gasteiger partial charge on any atom is 0.180 e. The maximum atomic E-state index is 11.4. The van der Waals surface area contributed by atoms with Crippen LogP contribution in [0.2, 0.25) is 0 Å². The molecular weight excluding hydrogens is 252 g/mol. The summed E-state index contributed by atoms with van der Waals surface area (Å²) in [6, 6.07) is 1.75. The van der Waals surface area contributed by atoms with E-state index in [-0.39, 0.29) is 18.0 Å². The zero-order chi connectivity index (χ0) is 9.84. The zero-order valence-electron chi connectivity index (χ0n) is 7.17. The van der Waals surface area contributed by atoms with Crippen LogP contribution in [0.4, 0.5) is 0 Å². The molecule has 0 bridgehead atoms. The van der Waals surface area contributed by atoms with Gasteiger partial charge in [0.1, 0.15) is 5.78 Å². The predicted octanol–water partition coefficient (Wildman–Crippen LogP) is 3.06. The second kappa shape index (κ2) is 4.67. The van der Waals surface area contributed by atoms with E-state index in [4.69, 9.17) is 0 Å². The highest BCUT2D eigenvalue weighted by Gasteiger charge is 2.11. The molecule has 0 aliphatic heterocycles. The van der Waals surface area contributed by atoms with Crippen LogP contribution in [-0.2, 0) is 4.79 Å². The second-order valence-corrected chi connectivity index (χ2v) is 4.45. The molecule has 1 rings (SSSR count). The van der Waals surface area contributed by atoms with Crippen LogP contribution in [-0.4, -0.2) is 11.6 Å².